The Hall–Kier alpha value is -3.30. The first-order valence-corrected chi connectivity index (χ1v) is 8.43. The van der Waals surface area contributed by atoms with Gasteiger partial charge in [0.15, 0.2) is 0 Å². The van der Waals surface area contributed by atoms with Crippen LogP contribution < -0.4 is 10.6 Å². The lowest BCUT2D eigenvalue weighted by Crippen LogP contribution is -2.44. The summed E-state index contributed by atoms with van der Waals surface area (Å²) in [6.45, 7) is 0.0319. The molecule has 10 heteroatoms. The molecule has 2 aromatic heterocycles. The molecule has 0 saturated carbocycles. The van der Waals surface area contributed by atoms with Crippen molar-refractivity contribution in [1.29, 1.82) is 0 Å². The maximum absolute atomic E-state index is 12.6. The maximum Gasteiger partial charge on any atom is 0.408 e. The average molecular weight is 393 g/mol. The molecule has 3 aromatic rings. The maximum atomic E-state index is 12.6. The fourth-order valence-electron chi connectivity index (χ4n) is 2.90. The van der Waals surface area contributed by atoms with Crippen LogP contribution in [0.4, 0.5) is 18.9 Å². The van der Waals surface area contributed by atoms with Crippen LogP contribution in [-0.4, -0.2) is 38.8 Å². The van der Waals surface area contributed by atoms with Gasteiger partial charge in [0.2, 0.25) is 11.8 Å². The Kier molecular flexibility index (Phi) is 5.39. The zero-order chi connectivity index (χ0) is 20.3. The van der Waals surface area contributed by atoms with Crippen LogP contribution in [0.15, 0.2) is 42.9 Å². The van der Waals surface area contributed by atoms with Gasteiger partial charge in [-0.3, -0.25) is 14.3 Å². The number of hydrogen-bond acceptors (Lipinski definition) is 3. The van der Waals surface area contributed by atoms with E-state index < -0.39 is 30.6 Å². The highest BCUT2D eigenvalue weighted by molar-refractivity contribution is 5.97. The SMILES string of the molecule is CC(=O)NC(Cc1c[nH]c2ccccc12)C(=O)Nc1cnn(CC(F)(F)F)c1. The van der Waals surface area contributed by atoms with E-state index in [0.29, 0.717) is 4.68 Å². The first-order chi connectivity index (χ1) is 13.2. The largest absolute Gasteiger partial charge is 0.408 e. The van der Waals surface area contributed by atoms with Gasteiger partial charge in [-0.05, 0) is 11.6 Å². The molecule has 1 atom stereocenters. The molecular weight excluding hydrogens is 375 g/mol. The van der Waals surface area contributed by atoms with Crippen LogP contribution in [0.3, 0.4) is 0 Å². The topological polar surface area (TPSA) is 91.8 Å². The van der Waals surface area contributed by atoms with Crippen molar-refractivity contribution in [1.82, 2.24) is 20.1 Å². The molecule has 1 aromatic carbocycles. The number of aromatic amines is 1. The minimum absolute atomic E-state index is 0.114. The van der Waals surface area contributed by atoms with Crippen LogP contribution in [0.25, 0.3) is 10.9 Å². The number of rotatable bonds is 6. The van der Waals surface area contributed by atoms with Gasteiger partial charge in [0.05, 0.1) is 11.9 Å². The third-order valence-corrected chi connectivity index (χ3v) is 4.04. The molecule has 3 rings (SSSR count). The van der Waals surface area contributed by atoms with E-state index in [0.717, 1.165) is 28.9 Å². The number of halogens is 3. The molecule has 7 nitrogen and oxygen atoms in total. The number of nitrogens with one attached hydrogen (secondary N) is 3. The lowest BCUT2D eigenvalue weighted by atomic mass is 10.0. The van der Waals surface area contributed by atoms with Gasteiger partial charge in [-0.2, -0.15) is 18.3 Å². The third-order valence-electron chi connectivity index (χ3n) is 4.04. The summed E-state index contributed by atoms with van der Waals surface area (Å²) in [7, 11) is 0. The molecule has 0 aliphatic rings. The fraction of sp³-hybridized carbons (Fsp3) is 0.278. The molecule has 3 N–H and O–H groups in total. The predicted molar refractivity (Wildman–Crippen MR) is 96.5 cm³/mol. The Morgan fingerprint density at radius 1 is 1.29 bits per heavy atom. The number of nitrogens with zero attached hydrogens (tertiary/aromatic N) is 2. The van der Waals surface area contributed by atoms with Crippen molar-refractivity contribution in [3.05, 3.63) is 48.4 Å². The smallest absolute Gasteiger partial charge is 0.361 e. The Balaban J connectivity index is 1.74. The summed E-state index contributed by atoms with van der Waals surface area (Å²) >= 11 is 0. The number of fused-ring (bicyclic) bond motifs is 1. The van der Waals surface area contributed by atoms with Gasteiger partial charge in [0.25, 0.3) is 0 Å². The van der Waals surface area contributed by atoms with Crippen LogP contribution in [-0.2, 0) is 22.6 Å². The summed E-state index contributed by atoms with van der Waals surface area (Å²) < 4.78 is 38.0. The van der Waals surface area contributed by atoms with Gasteiger partial charge >= 0.3 is 6.18 Å². The molecule has 0 spiro atoms. The number of carbonyl (C=O) groups excluding carboxylic acids is 2. The van der Waals surface area contributed by atoms with E-state index >= 15 is 0 Å². The number of alkyl halides is 3. The van der Waals surface area contributed by atoms with E-state index in [2.05, 4.69) is 20.7 Å². The predicted octanol–water partition coefficient (Wildman–Crippen LogP) is 2.61. The standard InChI is InChI=1S/C18H18F3N5O2/c1-11(27)24-16(6-12-7-22-15-5-3-2-4-14(12)15)17(28)25-13-8-23-26(9-13)10-18(19,20)21/h2-5,7-9,16,22H,6,10H2,1H3,(H,24,27)(H,25,28). The first kappa shape index (κ1) is 19.5. The highest BCUT2D eigenvalue weighted by atomic mass is 19.4. The highest BCUT2D eigenvalue weighted by Crippen LogP contribution is 2.20. The molecule has 0 saturated heterocycles. The molecule has 2 amide bonds. The van der Waals surface area contributed by atoms with E-state index in [-0.39, 0.29) is 12.1 Å². The van der Waals surface area contributed by atoms with Crippen LogP contribution in [0.5, 0.6) is 0 Å². The number of benzene rings is 1. The van der Waals surface area contributed by atoms with Gasteiger partial charge in [0.1, 0.15) is 12.6 Å². The number of amides is 2. The van der Waals surface area contributed by atoms with Crippen LogP contribution in [0, 0.1) is 0 Å². The minimum Gasteiger partial charge on any atom is -0.361 e. The van der Waals surface area contributed by atoms with Crippen molar-refractivity contribution in [3.63, 3.8) is 0 Å². The second-order valence-corrected chi connectivity index (χ2v) is 6.35. The molecule has 0 aliphatic heterocycles. The van der Waals surface area contributed by atoms with Gasteiger partial charge in [0, 0.05) is 36.6 Å². The quantitative estimate of drug-likeness (QED) is 0.601. The Labute approximate surface area is 157 Å². The molecule has 0 fully saturated rings. The summed E-state index contributed by atoms with van der Waals surface area (Å²) in [6.07, 6.45) is -0.232. The first-order valence-electron chi connectivity index (χ1n) is 8.43. The summed E-state index contributed by atoms with van der Waals surface area (Å²) in [4.78, 5) is 27.2. The van der Waals surface area contributed by atoms with Crippen molar-refractivity contribution in [2.75, 3.05) is 5.32 Å². The second kappa shape index (κ2) is 7.75. The zero-order valence-electron chi connectivity index (χ0n) is 14.9. The number of anilines is 1. The van der Waals surface area contributed by atoms with E-state index in [1.807, 2.05) is 24.3 Å². The molecule has 148 valence electrons. The van der Waals surface area contributed by atoms with Crippen LogP contribution >= 0.6 is 0 Å². The molecule has 0 bridgehead atoms. The number of aromatic nitrogens is 3. The summed E-state index contributed by atoms with van der Waals surface area (Å²) in [5.74, 6) is -0.945. The molecule has 1 unspecified atom stereocenters. The molecule has 28 heavy (non-hydrogen) atoms. The Bertz CT molecular complexity index is 992. The van der Waals surface area contributed by atoms with Crippen molar-refractivity contribution in [2.24, 2.45) is 0 Å². The minimum atomic E-state index is -4.42. The van der Waals surface area contributed by atoms with Gasteiger partial charge in [-0.25, -0.2) is 0 Å². The van der Waals surface area contributed by atoms with Crippen molar-refractivity contribution >= 4 is 28.4 Å². The van der Waals surface area contributed by atoms with Gasteiger partial charge in [-0.1, -0.05) is 18.2 Å². The van der Waals surface area contributed by atoms with Crippen LogP contribution in [0.1, 0.15) is 12.5 Å². The van der Waals surface area contributed by atoms with Crippen molar-refractivity contribution < 1.29 is 22.8 Å². The normalized spacial score (nSPS) is 12.7. The lowest BCUT2D eigenvalue weighted by molar-refractivity contribution is -0.142. The zero-order valence-corrected chi connectivity index (χ0v) is 14.9. The van der Waals surface area contributed by atoms with E-state index in [1.165, 1.54) is 6.92 Å². The Morgan fingerprint density at radius 2 is 2.04 bits per heavy atom. The number of carbonyl (C=O) groups is 2. The lowest BCUT2D eigenvalue weighted by Gasteiger charge is -2.17. The second-order valence-electron chi connectivity index (χ2n) is 6.35. The summed E-state index contributed by atoms with van der Waals surface area (Å²) in [6, 6.07) is 6.62. The van der Waals surface area contributed by atoms with E-state index in [4.69, 9.17) is 0 Å². The van der Waals surface area contributed by atoms with Crippen molar-refractivity contribution in [3.8, 4) is 0 Å². The van der Waals surface area contributed by atoms with E-state index in [9.17, 15) is 22.8 Å². The monoisotopic (exact) mass is 393 g/mol. The summed E-state index contributed by atoms with van der Waals surface area (Å²) in [5.41, 5.74) is 1.84. The van der Waals surface area contributed by atoms with Crippen LogP contribution in [0.2, 0.25) is 0 Å². The van der Waals surface area contributed by atoms with Gasteiger partial charge < -0.3 is 15.6 Å². The van der Waals surface area contributed by atoms with Crippen molar-refractivity contribution in [2.45, 2.75) is 32.1 Å². The molecule has 2 heterocycles. The fourth-order valence-corrected chi connectivity index (χ4v) is 2.90. The molecule has 0 radical (unpaired) electrons. The average Bonchev–Trinajstić information content (AvgIpc) is 3.19. The molecular formula is C18H18F3N5O2. The number of H-pyrrole nitrogens is 1. The molecule has 0 aliphatic carbocycles. The van der Waals surface area contributed by atoms with Gasteiger partial charge in [-0.15, -0.1) is 0 Å². The Morgan fingerprint density at radius 3 is 2.75 bits per heavy atom. The summed E-state index contributed by atoms with van der Waals surface area (Å²) in [5, 5.41) is 9.58. The highest BCUT2D eigenvalue weighted by Gasteiger charge is 2.28. The van der Waals surface area contributed by atoms with E-state index in [1.54, 1.807) is 6.20 Å². The number of para-hydroxylation sites is 1. The third kappa shape index (κ3) is 4.90. The number of hydrogen-bond donors (Lipinski definition) is 3.